The Morgan fingerprint density at radius 1 is 1.30 bits per heavy atom. The van der Waals surface area contributed by atoms with Gasteiger partial charge in [-0.2, -0.15) is 0 Å². The number of hydrogen-bond donors (Lipinski definition) is 1. The molecule has 1 aromatic rings. The molecule has 2 amide bonds. The molecule has 1 saturated heterocycles. The number of carbonyl (C=O) groups is 2. The minimum Gasteiger partial charge on any atom is -0.345 e. The number of halogens is 1. The second kappa shape index (κ2) is 5.61. The van der Waals surface area contributed by atoms with E-state index in [-0.39, 0.29) is 24.2 Å². The van der Waals surface area contributed by atoms with Crippen LogP contribution in [-0.2, 0) is 16.1 Å². The molecule has 1 atom stereocenters. The molecular weight excluding hydrogens is 259 g/mol. The number of nitrogens with one attached hydrogen (secondary N) is 1. The van der Waals surface area contributed by atoms with Crippen LogP contribution in [0.15, 0.2) is 12.1 Å². The third kappa shape index (κ3) is 2.66. The number of nitrogens with zero attached hydrogens (tertiary/aromatic N) is 1. The van der Waals surface area contributed by atoms with Crippen molar-refractivity contribution in [1.29, 1.82) is 0 Å². The van der Waals surface area contributed by atoms with Crippen LogP contribution in [0.2, 0.25) is 0 Å². The summed E-state index contributed by atoms with van der Waals surface area (Å²) in [6, 6.07) is 3.02. The molecule has 1 aromatic carbocycles. The van der Waals surface area contributed by atoms with Gasteiger partial charge in [0.15, 0.2) is 0 Å². The molecule has 5 heteroatoms. The lowest BCUT2D eigenvalue weighted by atomic mass is 10.0. The number of amides is 2. The van der Waals surface area contributed by atoms with E-state index in [9.17, 15) is 14.0 Å². The van der Waals surface area contributed by atoms with Crippen molar-refractivity contribution < 1.29 is 14.0 Å². The van der Waals surface area contributed by atoms with Crippen molar-refractivity contribution in [3.8, 4) is 0 Å². The van der Waals surface area contributed by atoms with Crippen LogP contribution >= 0.6 is 0 Å². The minimum absolute atomic E-state index is 0.0362. The summed E-state index contributed by atoms with van der Waals surface area (Å²) >= 11 is 0. The summed E-state index contributed by atoms with van der Waals surface area (Å²) in [4.78, 5) is 25.4. The Morgan fingerprint density at radius 2 is 1.90 bits per heavy atom. The van der Waals surface area contributed by atoms with E-state index in [0.29, 0.717) is 24.1 Å². The predicted octanol–water partition coefficient (Wildman–Crippen LogP) is 1.68. The van der Waals surface area contributed by atoms with Crippen molar-refractivity contribution >= 4 is 11.8 Å². The highest BCUT2D eigenvalue weighted by Gasteiger charge is 2.32. The topological polar surface area (TPSA) is 49.4 Å². The number of benzene rings is 1. The number of aryl methyl sites for hydroxylation is 2. The fourth-order valence-corrected chi connectivity index (χ4v) is 2.63. The van der Waals surface area contributed by atoms with E-state index >= 15 is 0 Å². The van der Waals surface area contributed by atoms with Gasteiger partial charge >= 0.3 is 0 Å². The summed E-state index contributed by atoms with van der Waals surface area (Å²) in [5.41, 5.74) is 1.96. The lowest BCUT2D eigenvalue weighted by Gasteiger charge is -2.34. The third-order valence-electron chi connectivity index (χ3n) is 3.65. The van der Waals surface area contributed by atoms with Crippen molar-refractivity contribution in [2.75, 3.05) is 6.54 Å². The third-order valence-corrected chi connectivity index (χ3v) is 3.65. The van der Waals surface area contributed by atoms with Crippen LogP contribution in [0.3, 0.4) is 0 Å². The van der Waals surface area contributed by atoms with Crippen molar-refractivity contribution in [1.82, 2.24) is 10.2 Å². The van der Waals surface area contributed by atoms with Gasteiger partial charge in [0.1, 0.15) is 11.9 Å². The van der Waals surface area contributed by atoms with E-state index in [1.165, 1.54) is 0 Å². The van der Waals surface area contributed by atoms with Gasteiger partial charge in [-0.05, 0) is 37.0 Å². The molecule has 2 rings (SSSR count). The second-order valence-electron chi connectivity index (χ2n) is 5.21. The van der Waals surface area contributed by atoms with E-state index in [2.05, 4.69) is 5.32 Å². The number of rotatable bonds is 3. The summed E-state index contributed by atoms with van der Waals surface area (Å²) in [5, 5.41) is 2.59. The first kappa shape index (κ1) is 14.5. The Bertz CT molecular complexity index is 534. The Hall–Kier alpha value is -1.91. The van der Waals surface area contributed by atoms with Crippen molar-refractivity contribution in [2.45, 2.75) is 39.8 Å². The van der Waals surface area contributed by atoms with E-state index < -0.39 is 6.04 Å². The van der Waals surface area contributed by atoms with Gasteiger partial charge in [-0.3, -0.25) is 9.59 Å². The molecule has 1 aliphatic rings. The molecule has 1 heterocycles. The van der Waals surface area contributed by atoms with Gasteiger partial charge in [0.25, 0.3) is 0 Å². The van der Waals surface area contributed by atoms with Gasteiger partial charge in [0, 0.05) is 6.54 Å². The van der Waals surface area contributed by atoms with Crippen LogP contribution in [-0.4, -0.2) is 29.3 Å². The first-order valence-electron chi connectivity index (χ1n) is 6.76. The lowest BCUT2D eigenvalue weighted by Crippen LogP contribution is -2.57. The summed E-state index contributed by atoms with van der Waals surface area (Å²) in [6.45, 7) is 5.65. The minimum atomic E-state index is -0.443. The SMILES string of the molecule is CCC1C(=O)NCC(=O)N1Cc1cc(C)c(F)c(C)c1. The fraction of sp³-hybridized carbons (Fsp3) is 0.467. The molecule has 0 saturated carbocycles. The van der Waals surface area contributed by atoms with Crippen LogP contribution in [0, 0.1) is 19.7 Å². The van der Waals surface area contributed by atoms with Gasteiger partial charge in [0.2, 0.25) is 11.8 Å². The maximum atomic E-state index is 13.6. The highest BCUT2D eigenvalue weighted by Crippen LogP contribution is 2.19. The maximum absolute atomic E-state index is 13.6. The van der Waals surface area contributed by atoms with E-state index in [0.717, 1.165) is 5.56 Å². The quantitative estimate of drug-likeness (QED) is 0.914. The monoisotopic (exact) mass is 278 g/mol. The first-order chi connectivity index (χ1) is 9.43. The standard InChI is InChI=1S/C15H19FN2O2/c1-4-12-15(20)17-7-13(19)18(12)8-11-5-9(2)14(16)10(3)6-11/h5-6,12H,4,7-8H2,1-3H3,(H,17,20). The Kier molecular flexibility index (Phi) is 4.06. The van der Waals surface area contributed by atoms with E-state index in [1.807, 2.05) is 6.92 Å². The average Bonchev–Trinajstić information content (AvgIpc) is 2.40. The van der Waals surface area contributed by atoms with Crippen molar-refractivity contribution in [3.05, 3.63) is 34.6 Å². The number of carbonyl (C=O) groups excluding carboxylic acids is 2. The molecule has 0 spiro atoms. The van der Waals surface area contributed by atoms with Gasteiger partial charge in [-0.25, -0.2) is 4.39 Å². The fourth-order valence-electron chi connectivity index (χ4n) is 2.63. The zero-order chi connectivity index (χ0) is 14.9. The second-order valence-corrected chi connectivity index (χ2v) is 5.21. The normalized spacial score (nSPS) is 19.2. The van der Waals surface area contributed by atoms with Crippen molar-refractivity contribution in [3.63, 3.8) is 0 Å². The predicted molar refractivity (Wildman–Crippen MR) is 73.5 cm³/mol. The van der Waals surface area contributed by atoms with Gasteiger partial charge in [-0.15, -0.1) is 0 Å². The summed E-state index contributed by atoms with van der Waals surface area (Å²) in [5.74, 6) is -0.442. The van der Waals surface area contributed by atoms with Crippen LogP contribution in [0.5, 0.6) is 0 Å². The van der Waals surface area contributed by atoms with Crippen LogP contribution < -0.4 is 5.32 Å². The Balaban J connectivity index is 2.27. The first-order valence-corrected chi connectivity index (χ1v) is 6.76. The average molecular weight is 278 g/mol. The highest BCUT2D eigenvalue weighted by molar-refractivity contribution is 5.94. The van der Waals surface area contributed by atoms with Crippen LogP contribution in [0.4, 0.5) is 4.39 Å². The molecule has 1 fully saturated rings. The maximum Gasteiger partial charge on any atom is 0.243 e. The molecule has 0 aromatic heterocycles. The molecule has 20 heavy (non-hydrogen) atoms. The molecular formula is C15H19FN2O2. The number of piperazine rings is 1. The van der Waals surface area contributed by atoms with E-state index in [4.69, 9.17) is 0 Å². The van der Waals surface area contributed by atoms with Crippen LogP contribution in [0.1, 0.15) is 30.0 Å². The molecule has 0 bridgehead atoms. The molecule has 1 unspecified atom stereocenters. The molecule has 4 nitrogen and oxygen atoms in total. The van der Waals surface area contributed by atoms with E-state index in [1.54, 1.807) is 30.9 Å². The highest BCUT2D eigenvalue weighted by atomic mass is 19.1. The van der Waals surface area contributed by atoms with Gasteiger partial charge in [-0.1, -0.05) is 19.1 Å². The summed E-state index contributed by atoms with van der Waals surface area (Å²) in [7, 11) is 0. The molecule has 108 valence electrons. The Morgan fingerprint density at radius 3 is 2.45 bits per heavy atom. The number of hydrogen-bond acceptors (Lipinski definition) is 2. The summed E-state index contributed by atoms with van der Waals surface area (Å²) < 4.78 is 13.6. The van der Waals surface area contributed by atoms with Gasteiger partial charge < -0.3 is 10.2 Å². The smallest absolute Gasteiger partial charge is 0.243 e. The largest absolute Gasteiger partial charge is 0.345 e. The molecule has 1 aliphatic heterocycles. The van der Waals surface area contributed by atoms with Crippen LogP contribution in [0.25, 0.3) is 0 Å². The molecule has 1 N–H and O–H groups in total. The lowest BCUT2D eigenvalue weighted by molar-refractivity contribution is -0.146. The zero-order valence-corrected chi connectivity index (χ0v) is 12.0. The molecule has 0 aliphatic carbocycles. The molecule has 0 radical (unpaired) electrons. The summed E-state index contributed by atoms with van der Waals surface area (Å²) in [6.07, 6.45) is 0.566. The van der Waals surface area contributed by atoms with Crippen molar-refractivity contribution in [2.24, 2.45) is 0 Å². The Labute approximate surface area is 118 Å². The van der Waals surface area contributed by atoms with Gasteiger partial charge in [0.05, 0.1) is 6.54 Å². The zero-order valence-electron chi connectivity index (χ0n) is 12.0.